The lowest BCUT2D eigenvalue weighted by atomic mass is 9.94. The molecule has 5 heteroatoms. The zero-order chi connectivity index (χ0) is 23.8. The lowest BCUT2D eigenvalue weighted by Gasteiger charge is -2.30. The van der Waals surface area contributed by atoms with Gasteiger partial charge in [0.05, 0.1) is 31.5 Å². The average molecular weight is 447 g/mol. The van der Waals surface area contributed by atoms with Crippen molar-refractivity contribution in [3.63, 3.8) is 0 Å². The summed E-state index contributed by atoms with van der Waals surface area (Å²) in [5, 5.41) is 0. The van der Waals surface area contributed by atoms with Gasteiger partial charge in [0, 0.05) is 27.4 Å². The van der Waals surface area contributed by atoms with Gasteiger partial charge in [-0.1, -0.05) is 55.4 Å². The van der Waals surface area contributed by atoms with Crippen molar-refractivity contribution in [1.29, 1.82) is 0 Å². The third kappa shape index (κ3) is 16.1. The predicted molar refractivity (Wildman–Crippen MR) is 130 cm³/mol. The molecular weight excluding hydrogens is 392 g/mol. The van der Waals surface area contributed by atoms with E-state index in [0.29, 0.717) is 56.2 Å². The fraction of sp³-hybridized carbons (Fsp3) is 1.00. The van der Waals surface area contributed by atoms with Crippen LogP contribution in [0.25, 0.3) is 0 Å². The van der Waals surface area contributed by atoms with Crippen LogP contribution in [0.2, 0.25) is 0 Å². The molecular formula is C26H54O5. The van der Waals surface area contributed by atoms with Gasteiger partial charge in [0.2, 0.25) is 0 Å². The van der Waals surface area contributed by atoms with E-state index in [-0.39, 0.29) is 18.3 Å². The van der Waals surface area contributed by atoms with Crippen LogP contribution in [0.5, 0.6) is 0 Å². The minimum atomic E-state index is -0.0322. The molecule has 31 heavy (non-hydrogen) atoms. The topological polar surface area (TPSA) is 46.2 Å². The predicted octanol–water partition coefficient (Wildman–Crippen LogP) is 5.99. The fourth-order valence-corrected chi connectivity index (χ4v) is 3.94. The SMILES string of the molecule is COC(COCCCOC(CC(C)C)C(OC)C(C)C)COC(CC(C)C)CC(C)C. The molecule has 0 spiro atoms. The van der Waals surface area contributed by atoms with E-state index in [4.69, 9.17) is 23.7 Å². The highest BCUT2D eigenvalue weighted by Gasteiger charge is 2.26. The van der Waals surface area contributed by atoms with Crippen LogP contribution in [-0.4, -0.2) is 65.1 Å². The first kappa shape index (κ1) is 30.8. The second kappa shape index (κ2) is 18.3. The second-order valence-corrected chi connectivity index (χ2v) is 10.5. The van der Waals surface area contributed by atoms with E-state index >= 15 is 0 Å². The first-order chi connectivity index (χ1) is 14.6. The molecule has 0 aliphatic carbocycles. The molecule has 3 atom stereocenters. The van der Waals surface area contributed by atoms with Crippen LogP contribution in [-0.2, 0) is 23.7 Å². The average Bonchev–Trinajstić information content (AvgIpc) is 2.65. The molecule has 0 saturated carbocycles. The number of rotatable bonds is 20. The summed E-state index contributed by atoms with van der Waals surface area (Å²) in [5.41, 5.74) is 0. The van der Waals surface area contributed by atoms with Crippen molar-refractivity contribution < 1.29 is 23.7 Å². The smallest absolute Gasteiger partial charge is 0.104 e. The maximum Gasteiger partial charge on any atom is 0.104 e. The second-order valence-electron chi connectivity index (χ2n) is 10.5. The molecule has 0 aromatic rings. The minimum Gasteiger partial charge on any atom is -0.379 e. The Kier molecular flexibility index (Phi) is 18.1. The van der Waals surface area contributed by atoms with Crippen LogP contribution in [0.4, 0.5) is 0 Å². The van der Waals surface area contributed by atoms with Gasteiger partial charge in [-0.3, -0.25) is 0 Å². The standard InChI is InChI=1S/C26H54O5/c1-19(2)14-23(15-20(3)4)31-18-24(27-9)17-29-12-11-13-30-25(16-21(5)6)26(28-10)22(7)8/h19-26H,11-18H2,1-10H3. The maximum atomic E-state index is 6.19. The van der Waals surface area contributed by atoms with Crippen LogP contribution in [0.3, 0.4) is 0 Å². The summed E-state index contributed by atoms with van der Waals surface area (Å²) in [6.07, 6.45) is 4.56. The molecule has 0 saturated heterocycles. The van der Waals surface area contributed by atoms with Crippen molar-refractivity contribution in [2.45, 2.75) is 105 Å². The highest BCUT2D eigenvalue weighted by Crippen LogP contribution is 2.20. The summed E-state index contributed by atoms with van der Waals surface area (Å²) < 4.78 is 29.5. The van der Waals surface area contributed by atoms with E-state index in [9.17, 15) is 0 Å². The van der Waals surface area contributed by atoms with Gasteiger partial charge in [0.25, 0.3) is 0 Å². The van der Waals surface area contributed by atoms with Gasteiger partial charge in [0.1, 0.15) is 6.10 Å². The van der Waals surface area contributed by atoms with Gasteiger partial charge in [-0.05, 0) is 49.4 Å². The molecule has 0 aromatic heterocycles. The monoisotopic (exact) mass is 446 g/mol. The summed E-state index contributed by atoms with van der Waals surface area (Å²) in [4.78, 5) is 0. The van der Waals surface area contributed by atoms with Crippen molar-refractivity contribution in [2.75, 3.05) is 40.6 Å². The van der Waals surface area contributed by atoms with Gasteiger partial charge in [-0.15, -0.1) is 0 Å². The van der Waals surface area contributed by atoms with Gasteiger partial charge in [0.15, 0.2) is 0 Å². The Hall–Kier alpha value is -0.200. The Morgan fingerprint density at radius 3 is 1.61 bits per heavy atom. The van der Waals surface area contributed by atoms with Crippen molar-refractivity contribution >= 4 is 0 Å². The van der Waals surface area contributed by atoms with Gasteiger partial charge >= 0.3 is 0 Å². The minimum absolute atomic E-state index is 0.0322. The van der Waals surface area contributed by atoms with E-state index in [2.05, 4.69) is 55.4 Å². The highest BCUT2D eigenvalue weighted by atomic mass is 16.6. The lowest BCUT2D eigenvalue weighted by Crippen LogP contribution is -2.36. The van der Waals surface area contributed by atoms with E-state index in [1.165, 1.54) is 0 Å². The summed E-state index contributed by atoms with van der Waals surface area (Å²) in [7, 11) is 3.51. The zero-order valence-corrected chi connectivity index (χ0v) is 22.3. The number of hydrogen-bond donors (Lipinski definition) is 0. The number of hydrogen-bond acceptors (Lipinski definition) is 5. The fourth-order valence-electron chi connectivity index (χ4n) is 3.94. The molecule has 0 bridgehead atoms. The van der Waals surface area contributed by atoms with Gasteiger partial charge < -0.3 is 23.7 Å². The molecule has 0 aliphatic rings. The molecule has 0 N–H and O–H groups in total. The Balaban J connectivity index is 4.25. The number of ether oxygens (including phenoxy) is 5. The Labute approximate surface area is 193 Å². The lowest BCUT2D eigenvalue weighted by molar-refractivity contribution is -0.0909. The third-order valence-corrected chi connectivity index (χ3v) is 5.39. The largest absolute Gasteiger partial charge is 0.379 e. The van der Waals surface area contributed by atoms with E-state index in [0.717, 1.165) is 25.7 Å². The van der Waals surface area contributed by atoms with Crippen molar-refractivity contribution in [3.8, 4) is 0 Å². The van der Waals surface area contributed by atoms with Crippen LogP contribution in [0.1, 0.15) is 81.1 Å². The van der Waals surface area contributed by atoms with Crippen LogP contribution in [0.15, 0.2) is 0 Å². The van der Waals surface area contributed by atoms with Crippen molar-refractivity contribution in [3.05, 3.63) is 0 Å². The summed E-state index contributed by atoms with van der Waals surface area (Å²) in [6, 6.07) is 0. The Morgan fingerprint density at radius 2 is 1.16 bits per heavy atom. The first-order valence-electron chi connectivity index (χ1n) is 12.5. The first-order valence-corrected chi connectivity index (χ1v) is 12.5. The molecule has 0 fully saturated rings. The summed E-state index contributed by atoms with van der Waals surface area (Å²) >= 11 is 0. The third-order valence-electron chi connectivity index (χ3n) is 5.39. The molecule has 0 amide bonds. The van der Waals surface area contributed by atoms with Crippen LogP contribution < -0.4 is 0 Å². The maximum absolute atomic E-state index is 6.19. The normalized spacial score (nSPS) is 15.6. The highest BCUT2D eigenvalue weighted by molar-refractivity contribution is 4.75. The Morgan fingerprint density at radius 1 is 0.581 bits per heavy atom. The molecule has 188 valence electrons. The van der Waals surface area contributed by atoms with E-state index in [1.54, 1.807) is 14.2 Å². The van der Waals surface area contributed by atoms with E-state index < -0.39 is 0 Å². The molecule has 3 unspecified atom stereocenters. The molecule has 0 rings (SSSR count). The number of methoxy groups -OCH3 is 2. The zero-order valence-electron chi connectivity index (χ0n) is 22.3. The summed E-state index contributed by atoms with van der Waals surface area (Å²) in [5.74, 6) is 2.28. The van der Waals surface area contributed by atoms with Crippen molar-refractivity contribution in [1.82, 2.24) is 0 Å². The van der Waals surface area contributed by atoms with Crippen molar-refractivity contribution in [2.24, 2.45) is 23.7 Å². The molecule has 0 aromatic carbocycles. The van der Waals surface area contributed by atoms with E-state index in [1.807, 2.05) is 0 Å². The van der Waals surface area contributed by atoms with Crippen LogP contribution >= 0.6 is 0 Å². The Bertz CT molecular complexity index is 387. The van der Waals surface area contributed by atoms with Gasteiger partial charge in [-0.25, -0.2) is 0 Å². The quantitative estimate of drug-likeness (QED) is 0.215. The molecule has 0 radical (unpaired) electrons. The summed E-state index contributed by atoms with van der Waals surface area (Å²) in [6.45, 7) is 20.3. The molecule has 5 nitrogen and oxygen atoms in total. The molecule has 0 heterocycles. The molecule has 0 aliphatic heterocycles. The van der Waals surface area contributed by atoms with Gasteiger partial charge in [-0.2, -0.15) is 0 Å². The van der Waals surface area contributed by atoms with Crippen LogP contribution in [0, 0.1) is 23.7 Å².